The molecule has 0 saturated heterocycles. The van der Waals surface area contributed by atoms with Crippen molar-refractivity contribution in [3.05, 3.63) is 59.9 Å². The standard InChI is InChI=1S/C26H31N5O3S/c1-4-5-12-22-30-23-24(31(22)16-9-15-28-35(33)19-10-7-6-8-11-19)20-14-13-18(26(32)34-3)17-21(20)29-25(23)27-2/h6-8,10-11,13-14,17,28H,4-5,9,12,15-16H2,1-3H3,(H,27,29). The maximum Gasteiger partial charge on any atom is 0.337 e. The number of carbonyl (C=O) groups excluding carboxylic acids is 1. The van der Waals surface area contributed by atoms with E-state index in [2.05, 4.69) is 21.5 Å². The first-order valence-corrected chi connectivity index (χ1v) is 13.0. The number of esters is 1. The van der Waals surface area contributed by atoms with Gasteiger partial charge in [0.25, 0.3) is 0 Å². The second kappa shape index (κ2) is 11.4. The van der Waals surface area contributed by atoms with Gasteiger partial charge in [-0.25, -0.2) is 23.7 Å². The molecule has 35 heavy (non-hydrogen) atoms. The van der Waals surface area contributed by atoms with Crippen LogP contribution in [-0.4, -0.2) is 45.4 Å². The van der Waals surface area contributed by atoms with Crippen molar-refractivity contribution in [2.24, 2.45) is 0 Å². The van der Waals surface area contributed by atoms with E-state index in [9.17, 15) is 9.00 Å². The monoisotopic (exact) mass is 493 g/mol. The van der Waals surface area contributed by atoms with E-state index < -0.39 is 17.0 Å². The Labute approximate surface area is 207 Å². The van der Waals surface area contributed by atoms with Crippen LogP contribution in [0.25, 0.3) is 21.9 Å². The molecule has 0 radical (unpaired) electrons. The van der Waals surface area contributed by atoms with Gasteiger partial charge in [0.2, 0.25) is 0 Å². The molecule has 1 atom stereocenters. The van der Waals surface area contributed by atoms with Crippen molar-refractivity contribution in [1.29, 1.82) is 0 Å². The van der Waals surface area contributed by atoms with Gasteiger partial charge in [0.05, 0.1) is 28.6 Å². The third-order valence-corrected chi connectivity index (χ3v) is 7.08. The van der Waals surface area contributed by atoms with Gasteiger partial charge in [-0.3, -0.25) is 0 Å². The summed E-state index contributed by atoms with van der Waals surface area (Å²) in [7, 11) is 1.95. The van der Waals surface area contributed by atoms with Crippen LogP contribution in [0.3, 0.4) is 0 Å². The summed E-state index contributed by atoms with van der Waals surface area (Å²) in [5.74, 6) is 1.29. The minimum Gasteiger partial charge on any atom is -0.465 e. The maximum absolute atomic E-state index is 12.5. The van der Waals surface area contributed by atoms with Crippen molar-refractivity contribution >= 4 is 44.7 Å². The number of nitrogens with one attached hydrogen (secondary N) is 2. The van der Waals surface area contributed by atoms with Crippen molar-refractivity contribution in [3.8, 4) is 0 Å². The molecule has 8 nitrogen and oxygen atoms in total. The highest BCUT2D eigenvalue weighted by atomic mass is 32.2. The fourth-order valence-electron chi connectivity index (χ4n) is 4.15. The average Bonchev–Trinajstić information content (AvgIpc) is 3.27. The van der Waals surface area contributed by atoms with E-state index >= 15 is 0 Å². The normalized spacial score (nSPS) is 12.2. The lowest BCUT2D eigenvalue weighted by molar-refractivity contribution is 0.0601. The Bertz CT molecular complexity index is 1350. The summed E-state index contributed by atoms with van der Waals surface area (Å²) in [6, 6.07) is 14.8. The summed E-state index contributed by atoms with van der Waals surface area (Å²) in [4.78, 5) is 22.6. The molecule has 0 aliphatic carbocycles. The van der Waals surface area contributed by atoms with Crippen LogP contribution in [0.4, 0.5) is 5.82 Å². The Morgan fingerprint density at radius 2 is 1.91 bits per heavy atom. The predicted octanol–water partition coefficient (Wildman–Crippen LogP) is 4.46. The van der Waals surface area contributed by atoms with E-state index in [0.717, 1.165) is 59.4 Å². The topological polar surface area (TPSA) is 98.1 Å². The van der Waals surface area contributed by atoms with Crippen molar-refractivity contribution in [3.63, 3.8) is 0 Å². The van der Waals surface area contributed by atoms with Gasteiger partial charge in [-0.2, -0.15) is 0 Å². The summed E-state index contributed by atoms with van der Waals surface area (Å²) < 4.78 is 22.8. The van der Waals surface area contributed by atoms with Crippen molar-refractivity contribution in [2.75, 3.05) is 26.0 Å². The van der Waals surface area contributed by atoms with Crippen LogP contribution in [-0.2, 0) is 28.7 Å². The summed E-state index contributed by atoms with van der Waals surface area (Å²) in [5, 5.41) is 4.10. The fraction of sp³-hybridized carbons (Fsp3) is 0.346. The number of benzene rings is 2. The van der Waals surface area contributed by atoms with Crippen LogP contribution in [0.5, 0.6) is 0 Å². The molecule has 4 rings (SSSR count). The molecule has 4 aromatic rings. The van der Waals surface area contributed by atoms with Gasteiger partial charge in [-0.15, -0.1) is 0 Å². The number of aromatic nitrogens is 3. The quantitative estimate of drug-likeness (QED) is 0.237. The van der Waals surface area contributed by atoms with Crippen LogP contribution in [0, 0.1) is 0 Å². The third-order valence-electron chi connectivity index (χ3n) is 5.92. The molecular weight excluding hydrogens is 462 g/mol. The molecule has 184 valence electrons. The zero-order valence-corrected chi connectivity index (χ0v) is 21.2. The smallest absolute Gasteiger partial charge is 0.337 e. The first-order valence-electron chi connectivity index (χ1n) is 11.9. The molecule has 0 bridgehead atoms. The minimum absolute atomic E-state index is 0.394. The molecule has 2 aromatic heterocycles. The van der Waals surface area contributed by atoms with Crippen LogP contribution < -0.4 is 10.0 Å². The lowest BCUT2D eigenvalue weighted by Gasteiger charge is -2.12. The zero-order valence-electron chi connectivity index (χ0n) is 20.3. The molecule has 0 aliphatic rings. The zero-order chi connectivity index (χ0) is 24.8. The maximum atomic E-state index is 12.5. The SMILES string of the molecule is CCCCc1nc2c(NC)nc3cc(C(=O)OC)ccc3c2n1CCCNS(=O)c1ccccc1. The number of rotatable bonds is 11. The number of imidazole rings is 1. The Kier molecular flexibility index (Phi) is 8.09. The summed E-state index contributed by atoms with van der Waals surface area (Å²) >= 11 is 0. The Morgan fingerprint density at radius 3 is 2.63 bits per heavy atom. The number of hydrogen-bond donors (Lipinski definition) is 2. The molecule has 2 aromatic carbocycles. The number of hydrogen-bond acceptors (Lipinski definition) is 6. The Balaban J connectivity index is 1.68. The predicted molar refractivity (Wildman–Crippen MR) is 140 cm³/mol. The van der Waals surface area contributed by atoms with Gasteiger partial charge < -0.3 is 14.6 Å². The Hall–Kier alpha value is -3.30. The second-order valence-corrected chi connectivity index (χ2v) is 9.54. The van der Waals surface area contributed by atoms with Crippen LogP contribution in [0.15, 0.2) is 53.4 Å². The molecule has 0 saturated carbocycles. The number of aryl methyl sites for hydroxylation is 2. The molecule has 1 unspecified atom stereocenters. The Morgan fingerprint density at radius 1 is 1.11 bits per heavy atom. The number of carbonyl (C=O) groups is 1. The number of nitrogens with zero attached hydrogens (tertiary/aromatic N) is 3. The van der Waals surface area contributed by atoms with E-state index in [4.69, 9.17) is 14.7 Å². The van der Waals surface area contributed by atoms with Gasteiger partial charge in [-0.1, -0.05) is 31.5 Å². The van der Waals surface area contributed by atoms with E-state index in [0.29, 0.717) is 23.4 Å². The second-order valence-electron chi connectivity index (χ2n) is 8.24. The fourth-order valence-corrected chi connectivity index (χ4v) is 5.05. The highest BCUT2D eigenvalue weighted by molar-refractivity contribution is 7.83. The van der Waals surface area contributed by atoms with Crippen LogP contribution in [0.2, 0.25) is 0 Å². The number of methoxy groups -OCH3 is 1. The summed E-state index contributed by atoms with van der Waals surface area (Å²) in [5.41, 5.74) is 2.97. The lowest BCUT2D eigenvalue weighted by atomic mass is 10.1. The number of fused-ring (bicyclic) bond motifs is 3. The molecule has 0 aliphatic heterocycles. The molecule has 0 spiro atoms. The summed E-state index contributed by atoms with van der Waals surface area (Å²) in [6.45, 7) is 3.48. The van der Waals surface area contributed by atoms with E-state index in [-0.39, 0.29) is 0 Å². The van der Waals surface area contributed by atoms with E-state index in [1.54, 1.807) is 12.1 Å². The number of anilines is 1. The first kappa shape index (κ1) is 24.8. The van der Waals surface area contributed by atoms with E-state index in [1.807, 2.05) is 43.4 Å². The van der Waals surface area contributed by atoms with E-state index in [1.165, 1.54) is 7.11 Å². The highest BCUT2D eigenvalue weighted by Crippen LogP contribution is 2.31. The van der Waals surface area contributed by atoms with Crippen molar-refractivity contribution < 1.29 is 13.7 Å². The van der Waals surface area contributed by atoms with Crippen LogP contribution >= 0.6 is 0 Å². The van der Waals surface area contributed by atoms with Crippen LogP contribution in [0.1, 0.15) is 42.4 Å². The third kappa shape index (κ3) is 5.36. The molecule has 0 fully saturated rings. The number of pyridine rings is 1. The largest absolute Gasteiger partial charge is 0.465 e. The molecule has 0 amide bonds. The van der Waals surface area contributed by atoms with Crippen molar-refractivity contribution in [1.82, 2.24) is 19.3 Å². The number of ether oxygens (including phenoxy) is 1. The van der Waals surface area contributed by atoms with Gasteiger partial charge in [0.1, 0.15) is 22.3 Å². The molecular formula is C26H31N5O3S. The van der Waals surface area contributed by atoms with Crippen molar-refractivity contribution in [2.45, 2.75) is 44.0 Å². The van der Waals surface area contributed by atoms with Gasteiger partial charge in [0.15, 0.2) is 5.82 Å². The average molecular weight is 494 g/mol. The molecule has 2 N–H and O–H groups in total. The highest BCUT2D eigenvalue weighted by Gasteiger charge is 2.19. The summed E-state index contributed by atoms with van der Waals surface area (Å²) in [6.07, 6.45) is 3.75. The first-order chi connectivity index (χ1) is 17.1. The van der Waals surface area contributed by atoms with Gasteiger partial charge in [-0.05, 0) is 43.2 Å². The van der Waals surface area contributed by atoms with Gasteiger partial charge >= 0.3 is 5.97 Å². The molecule has 9 heteroatoms. The lowest BCUT2D eigenvalue weighted by Crippen LogP contribution is -2.20. The number of unbranched alkanes of at least 4 members (excludes halogenated alkanes) is 1. The molecule has 2 heterocycles. The minimum atomic E-state index is -1.24. The van der Waals surface area contributed by atoms with Gasteiger partial charge in [0, 0.05) is 31.9 Å².